The Labute approximate surface area is 183 Å². The second-order valence-corrected chi connectivity index (χ2v) is 11.2. The van der Waals surface area contributed by atoms with Gasteiger partial charge < -0.3 is 14.6 Å². The maximum Gasteiger partial charge on any atom is 0.238 e. The maximum atomic E-state index is 12.3. The third-order valence-corrected chi connectivity index (χ3v) is 8.31. The highest BCUT2D eigenvalue weighted by molar-refractivity contribution is 7.90. The van der Waals surface area contributed by atoms with Crippen LogP contribution in [0.4, 0.5) is 5.69 Å². The molecule has 0 saturated heterocycles. The number of methoxy groups -OCH3 is 1. The summed E-state index contributed by atoms with van der Waals surface area (Å²) in [6.07, 6.45) is 10.4. The van der Waals surface area contributed by atoms with E-state index in [1.807, 2.05) is 29.9 Å². The summed E-state index contributed by atoms with van der Waals surface area (Å²) >= 11 is 0. The Kier molecular flexibility index (Phi) is 4.96. The van der Waals surface area contributed by atoms with Crippen molar-refractivity contribution in [3.8, 4) is 17.0 Å². The number of nitrogens with zero attached hydrogens (tertiary/aromatic N) is 2. The first-order valence-electron chi connectivity index (χ1n) is 10.9. The van der Waals surface area contributed by atoms with E-state index >= 15 is 0 Å². The molecule has 1 aromatic carbocycles. The molecule has 2 aromatic heterocycles. The molecule has 3 aromatic rings. The molecule has 2 bridgehead atoms. The van der Waals surface area contributed by atoms with Crippen LogP contribution in [-0.2, 0) is 16.9 Å². The van der Waals surface area contributed by atoms with Gasteiger partial charge in [0.25, 0.3) is 0 Å². The predicted octanol–water partition coefficient (Wildman–Crippen LogP) is 4.50. The molecule has 2 saturated carbocycles. The Balaban J connectivity index is 1.58. The zero-order valence-electron chi connectivity index (χ0n) is 18.3. The summed E-state index contributed by atoms with van der Waals surface area (Å²) in [6, 6.07) is 7.37. The van der Waals surface area contributed by atoms with Crippen LogP contribution in [0.25, 0.3) is 22.0 Å². The van der Waals surface area contributed by atoms with E-state index in [2.05, 4.69) is 10.3 Å². The summed E-state index contributed by atoms with van der Waals surface area (Å²) in [5.74, 6) is 3.01. The molecule has 7 heteroatoms. The lowest BCUT2D eigenvalue weighted by Crippen LogP contribution is -2.20. The SMILES string of the molecule is COc1nccc2c(-c3cc(S(C)(=O)=O)ccc3NCC3C[C@@H]4CCC3C4)cn(C)c12. The highest BCUT2D eigenvalue weighted by Gasteiger charge is 2.39. The van der Waals surface area contributed by atoms with Gasteiger partial charge in [-0.2, -0.15) is 0 Å². The summed E-state index contributed by atoms with van der Waals surface area (Å²) in [7, 11) is 0.251. The summed E-state index contributed by atoms with van der Waals surface area (Å²) in [5.41, 5.74) is 3.73. The van der Waals surface area contributed by atoms with Crippen LogP contribution in [-0.4, -0.2) is 37.9 Å². The van der Waals surface area contributed by atoms with Crippen LogP contribution in [0, 0.1) is 17.8 Å². The fraction of sp³-hybridized carbons (Fsp3) is 0.458. The first kappa shape index (κ1) is 20.4. The number of ether oxygens (including phenoxy) is 1. The number of hydrogen-bond acceptors (Lipinski definition) is 5. The average molecular weight is 440 g/mol. The molecule has 2 fully saturated rings. The summed E-state index contributed by atoms with van der Waals surface area (Å²) in [5, 5.41) is 4.66. The van der Waals surface area contributed by atoms with Crippen molar-refractivity contribution < 1.29 is 13.2 Å². The number of pyridine rings is 1. The molecule has 2 aliphatic carbocycles. The van der Waals surface area contributed by atoms with Crippen LogP contribution < -0.4 is 10.1 Å². The van der Waals surface area contributed by atoms with E-state index in [4.69, 9.17) is 4.74 Å². The van der Waals surface area contributed by atoms with Gasteiger partial charge in [-0.1, -0.05) is 6.42 Å². The first-order valence-corrected chi connectivity index (χ1v) is 12.8. The van der Waals surface area contributed by atoms with Gasteiger partial charge in [0.2, 0.25) is 5.88 Å². The lowest BCUT2D eigenvalue weighted by atomic mass is 9.88. The number of fused-ring (bicyclic) bond motifs is 3. The fourth-order valence-electron chi connectivity index (χ4n) is 5.68. The highest BCUT2D eigenvalue weighted by Crippen LogP contribution is 2.48. The average Bonchev–Trinajstić information content (AvgIpc) is 3.46. The van der Waals surface area contributed by atoms with Crippen LogP contribution in [0.3, 0.4) is 0 Å². The van der Waals surface area contributed by atoms with Crippen LogP contribution in [0.1, 0.15) is 25.7 Å². The van der Waals surface area contributed by atoms with Gasteiger partial charge >= 0.3 is 0 Å². The largest absolute Gasteiger partial charge is 0.479 e. The van der Waals surface area contributed by atoms with Crippen LogP contribution in [0.5, 0.6) is 5.88 Å². The number of rotatable bonds is 6. The Morgan fingerprint density at radius 2 is 2.03 bits per heavy atom. The Morgan fingerprint density at radius 1 is 1.19 bits per heavy atom. The topological polar surface area (TPSA) is 73.2 Å². The summed E-state index contributed by atoms with van der Waals surface area (Å²) < 4.78 is 32.0. The monoisotopic (exact) mass is 439 g/mol. The molecule has 1 N–H and O–H groups in total. The number of hydrogen-bond donors (Lipinski definition) is 1. The van der Waals surface area contributed by atoms with E-state index in [0.717, 1.165) is 46.1 Å². The molecule has 164 valence electrons. The van der Waals surface area contributed by atoms with Crippen molar-refractivity contribution in [2.24, 2.45) is 24.8 Å². The highest BCUT2D eigenvalue weighted by atomic mass is 32.2. The lowest BCUT2D eigenvalue weighted by Gasteiger charge is -2.23. The van der Waals surface area contributed by atoms with E-state index in [1.54, 1.807) is 25.4 Å². The van der Waals surface area contributed by atoms with Crippen molar-refractivity contribution in [2.75, 3.05) is 25.2 Å². The van der Waals surface area contributed by atoms with Gasteiger partial charge in [0.15, 0.2) is 9.84 Å². The van der Waals surface area contributed by atoms with E-state index in [1.165, 1.54) is 31.9 Å². The minimum atomic E-state index is -3.32. The third kappa shape index (κ3) is 3.59. The van der Waals surface area contributed by atoms with E-state index in [9.17, 15) is 8.42 Å². The van der Waals surface area contributed by atoms with Crippen LogP contribution in [0.2, 0.25) is 0 Å². The van der Waals surface area contributed by atoms with Gasteiger partial charge in [-0.05, 0) is 61.3 Å². The minimum Gasteiger partial charge on any atom is -0.479 e. The van der Waals surface area contributed by atoms with Crippen molar-refractivity contribution >= 4 is 26.4 Å². The van der Waals surface area contributed by atoms with Gasteiger partial charge in [-0.25, -0.2) is 13.4 Å². The van der Waals surface area contributed by atoms with Crippen molar-refractivity contribution in [1.82, 2.24) is 9.55 Å². The molecule has 2 unspecified atom stereocenters. The van der Waals surface area contributed by atoms with Crippen molar-refractivity contribution in [2.45, 2.75) is 30.6 Å². The van der Waals surface area contributed by atoms with Gasteiger partial charge in [0.1, 0.15) is 5.52 Å². The van der Waals surface area contributed by atoms with Crippen molar-refractivity contribution in [3.63, 3.8) is 0 Å². The number of anilines is 1. The number of nitrogens with one attached hydrogen (secondary N) is 1. The lowest BCUT2D eigenvalue weighted by molar-refractivity contribution is 0.348. The van der Waals surface area contributed by atoms with Gasteiger partial charge in [0, 0.05) is 54.4 Å². The second kappa shape index (κ2) is 7.55. The molecule has 6 nitrogen and oxygen atoms in total. The minimum absolute atomic E-state index is 0.325. The smallest absolute Gasteiger partial charge is 0.238 e. The van der Waals surface area contributed by atoms with E-state index in [-0.39, 0.29) is 0 Å². The molecular formula is C24H29N3O3S. The maximum absolute atomic E-state index is 12.3. The first-order chi connectivity index (χ1) is 14.8. The standard InChI is InChI=1S/C24H29N3O3S/c1-27-14-21(19-8-9-25-24(30-2)23(19)27)20-12-18(31(3,28)29)6-7-22(20)26-13-17-11-15-4-5-16(17)10-15/h6-9,12,14-17,26H,4-5,10-11,13H2,1-3H3/t15-,16?,17?/m1/s1. The molecule has 0 spiro atoms. The van der Waals surface area contributed by atoms with Crippen molar-refractivity contribution in [1.29, 1.82) is 0 Å². The van der Waals surface area contributed by atoms with Crippen molar-refractivity contribution in [3.05, 3.63) is 36.7 Å². The van der Waals surface area contributed by atoms with Crippen LogP contribution in [0.15, 0.2) is 41.6 Å². The number of sulfone groups is 1. The Bertz CT molecular complexity index is 1250. The Hall–Kier alpha value is -2.54. The number of benzene rings is 1. The quantitative estimate of drug-likeness (QED) is 0.612. The third-order valence-electron chi connectivity index (χ3n) is 7.20. The zero-order chi connectivity index (χ0) is 21.8. The molecule has 3 atom stereocenters. The second-order valence-electron chi connectivity index (χ2n) is 9.17. The number of aryl methyl sites for hydroxylation is 1. The summed E-state index contributed by atoms with van der Waals surface area (Å²) in [6.45, 7) is 0.933. The molecule has 0 amide bonds. The molecule has 2 aliphatic rings. The molecular weight excluding hydrogens is 410 g/mol. The van der Waals surface area contributed by atoms with Gasteiger partial charge in [-0.15, -0.1) is 0 Å². The predicted molar refractivity (Wildman–Crippen MR) is 123 cm³/mol. The molecule has 0 radical (unpaired) electrons. The van der Waals surface area contributed by atoms with Crippen LogP contribution >= 0.6 is 0 Å². The molecule has 31 heavy (non-hydrogen) atoms. The number of aromatic nitrogens is 2. The van der Waals surface area contributed by atoms with Gasteiger partial charge in [-0.3, -0.25) is 0 Å². The molecule has 0 aliphatic heterocycles. The fourth-order valence-corrected chi connectivity index (χ4v) is 6.33. The Morgan fingerprint density at radius 3 is 2.71 bits per heavy atom. The summed E-state index contributed by atoms with van der Waals surface area (Å²) in [4.78, 5) is 4.65. The van der Waals surface area contributed by atoms with Gasteiger partial charge in [0.05, 0.1) is 12.0 Å². The zero-order valence-corrected chi connectivity index (χ0v) is 19.1. The molecule has 5 rings (SSSR count). The normalized spacial score (nSPS) is 22.9. The van der Waals surface area contributed by atoms with E-state index < -0.39 is 9.84 Å². The molecule has 2 heterocycles. The van der Waals surface area contributed by atoms with E-state index in [0.29, 0.717) is 16.7 Å².